The number of carbonyl (C=O) groups is 3. The minimum Gasteiger partial charge on any atom is -0.374 e. The number of Topliss-reactive ketones (excluding diaryl/α,β-unsaturated/α-hetero) is 1. The van der Waals surface area contributed by atoms with Gasteiger partial charge in [-0.15, -0.1) is 0 Å². The van der Waals surface area contributed by atoms with Crippen LogP contribution in [-0.2, 0) is 20.0 Å². The maximum absolute atomic E-state index is 14.2. The Bertz CT molecular complexity index is 1270. The first kappa shape index (κ1) is 26.2. The molecule has 0 N–H and O–H groups in total. The number of amides is 2. The zero-order valence-electron chi connectivity index (χ0n) is 19.3. The van der Waals surface area contributed by atoms with Gasteiger partial charge in [0.05, 0.1) is 11.6 Å². The molecule has 36 heavy (non-hydrogen) atoms. The Labute approximate surface area is 215 Å². The average Bonchev–Trinajstić information content (AvgIpc) is 3.35. The van der Waals surface area contributed by atoms with Gasteiger partial charge in [0.25, 0.3) is 5.60 Å². The molecule has 0 bridgehead atoms. The van der Waals surface area contributed by atoms with Crippen molar-refractivity contribution in [1.29, 1.82) is 0 Å². The predicted molar refractivity (Wildman–Crippen MR) is 127 cm³/mol. The van der Waals surface area contributed by atoms with E-state index in [1.54, 1.807) is 19.9 Å². The SMILES string of the molecule is CCN1C(=O)C[C@@H](CC(=O)c2ccc(C3=NOC(c4cc(Cl)cc(Cl)c4)(C(F)(F)F)C3)cc2C)C1=O. The number of ketones is 1. The lowest BCUT2D eigenvalue weighted by molar-refractivity contribution is -0.275. The number of halogens is 5. The number of oxime groups is 1. The van der Waals surface area contributed by atoms with Crippen LogP contribution in [0.2, 0.25) is 10.0 Å². The summed E-state index contributed by atoms with van der Waals surface area (Å²) in [5.41, 5.74) is -1.82. The van der Waals surface area contributed by atoms with Crippen LogP contribution in [0.3, 0.4) is 0 Å². The minimum atomic E-state index is -4.82. The third kappa shape index (κ3) is 4.62. The number of hydrogen-bond acceptors (Lipinski definition) is 5. The fourth-order valence-corrected chi connectivity index (χ4v) is 5.10. The maximum atomic E-state index is 14.2. The molecule has 4 rings (SSSR count). The van der Waals surface area contributed by atoms with Crippen molar-refractivity contribution in [3.8, 4) is 0 Å². The van der Waals surface area contributed by atoms with E-state index in [1.807, 2.05) is 0 Å². The van der Waals surface area contributed by atoms with E-state index in [2.05, 4.69) is 5.16 Å². The second-order valence-electron chi connectivity index (χ2n) is 8.82. The first-order chi connectivity index (χ1) is 16.9. The Hall–Kier alpha value is -2.91. The number of nitrogens with zero attached hydrogens (tertiary/aromatic N) is 2. The fraction of sp³-hybridized carbons (Fsp3) is 0.360. The zero-order chi connectivity index (χ0) is 26.4. The normalized spacial score (nSPS) is 22.1. The van der Waals surface area contributed by atoms with Crippen LogP contribution in [-0.4, -0.2) is 40.9 Å². The van der Waals surface area contributed by atoms with Gasteiger partial charge in [-0.25, -0.2) is 0 Å². The highest BCUT2D eigenvalue weighted by Gasteiger charge is 2.62. The van der Waals surface area contributed by atoms with Gasteiger partial charge in [0.2, 0.25) is 11.8 Å². The summed E-state index contributed by atoms with van der Waals surface area (Å²) in [6, 6.07) is 8.12. The van der Waals surface area contributed by atoms with Crippen LogP contribution in [0.15, 0.2) is 41.6 Å². The van der Waals surface area contributed by atoms with E-state index < -0.39 is 24.1 Å². The largest absolute Gasteiger partial charge is 0.435 e. The van der Waals surface area contributed by atoms with Crippen LogP contribution in [0.4, 0.5) is 13.2 Å². The number of imide groups is 1. The molecule has 1 fully saturated rings. The molecule has 2 amide bonds. The third-order valence-corrected chi connectivity index (χ3v) is 6.90. The van der Waals surface area contributed by atoms with Gasteiger partial charge in [0.15, 0.2) is 5.78 Å². The Morgan fingerprint density at radius 3 is 2.39 bits per heavy atom. The highest BCUT2D eigenvalue weighted by atomic mass is 35.5. The molecular formula is C25H21Cl2F3N2O4. The molecule has 2 aliphatic rings. The Morgan fingerprint density at radius 2 is 1.83 bits per heavy atom. The Kier molecular flexibility index (Phi) is 6.92. The van der Waals surface area contributed by atoms with Crippen LogP contribution in [0.1, 0.15) is 53.2 Å². The van der Waals surface area contributed by atoms with Crippen molar-refractivity contribution in [3.05, 3.63) is 68.7 Å². The molecule has 1 unspecified atom stereocenters. The van der Waals surface area contributed by atoms with Gasteiger partial charge < -0.3 is 4.84 Å². The summed E-state index contributed by atoms with van der Waals surface area (Å²) in [7, 11) is 0. The standard InChI is InChI=1S/C25H21Cl2F3N2O4/c1-3-32-22(34)8-15(23(32)35)7-21(33)19-5-4-14(6-13(19)2)20-12-24(36-31-20,25(28,29)30)16-9-17(26)11-18(27)10-16/h4-6,9-11,15H,3,7-8,12H2,1-2H3/t15-,24?/m1/s1. The lowest BCUT2D eigenvalue weighted by Gasteiger charge is -2.29. The van der Waals surface area contributed by atoms with Crippen molar-refractivity contribution in [2.75, 3.05) is 6.54 Å². The van der Waals surface area contributed by atoms with Crippen LogP contribution in [0, 0.1) is 12.8 Å². The van der Waals surface area contributed by atoms with Crippen molar-refractivity contribution >= 4 is 46.5 Å². The van der Waals surface area contributed by atoms with Gasteiger partial charge in [0.1, 0.15) is 0 Å². The highest BCUT2D eigenvalue weighted by molar-refractivity contribution is 6.34. The third-order valence-electron chi connectivity index (χ3n) is 6.46. The van der Waals surface area contributed by atoms with Gasteiger partial charge >= 0.3 is 6.18 Å². The van der Waals surface area contributed by atoms with Gasteiger partial charge in [-0.05, 0) is 49.2 Å². The topological polar surface area (TPSA) is 76.0 Å². The predicted octanol–water partition coefficient (Wildman–Crippen LogP) is 5.85. The van der Waals surface area contributed by atoms with Crippen LogP contribution in [0.5, 0.6) is 0 Å². The van der Waals surface area contributed by atoms with Crippen molar-refractivity contribution in [2.45, 2.75) is 44.9 Å². The van der Waals surface area contributed by atoms with Gasteiger partial charge in [-0.1, -0.05) is 40.5 Å². The first-order valence-corrected chi connectivity index (χ1v) is 11.9. The quantitative estimate of drug-likeness (QED) is 0.340. The molecule has 190 valence electrons. The van der Waals surface area contributed by atoms with Gasteiger partial charge in [-0.3, -0.25) is 19.3 Å². The maximum Gasteiger partial charge on any atom is 0.435 e. The molecule has 2 aromatic carbocycles. The van der Waals surface area contributed by atoms with E-state index in [4.69, 9.17) is 28.0 Å². The molecule has 2 aromatic rings. The molecule has 0 radical (unpaired) electrons. The van der Waals surface area contributed by atoms with Crippen LogP contribution < -0.4 is 0 Å². The van der Waals surface area contributed by atoms with E-state index in [9.17, 15) is 27.6 Å². The number of aryl methyl sites for hydroxylation is 1. The molecule has 1 saturated heterocycles. The van der Waals surface area contributed by atoms with E-state index in [1.165, 1.54) is 18.2 Å². The number of rotatable bonds is 6. The van der Waals surface area contributed by atoms with E-state index in [-0.39, 0.29) is 58.3 Å². The average molecular weight is 541 g/mol. The molecule has 11 heteroatoms. The summed E-state index contributed by atoms with van der Waals surface area (Å²) in [6.07, 6.45) is -5.59. The minimum absolute atomic E-state index is 0.0171. The Balaban J connectivity index is 1.56. The van der Waals surface area contributed by atoms with Crippen molar-refractivity contribution in [3.63, 3.8) is 0 Å². The van der Waals surface area contributed by atoms with Crippen molar-refractivity contribution in [2.24, 2.45) is 11.1 Å². The number of benzene rings is 2. The van der Waals surface area contributed by atoms with E-state index in [0.29, 0.717) is 16.7 Å². The second kappa shape index (κ2) is 9.52. The number of carbonyl (C=O) groups excluding carboxylic acids is 3. The molecule has 0 spiro atoms. The molecule has 2 heterocycles. The molecule has 6 nitrogen and oxygen atoms in total. The molecule has 0 aliphatic carbocycles. The van der Waals surface area contributed by atoms with Gasteiger partial charge in [-0.2, -0.15) is 13.2 Å². The monoisotopic (exact) mass is 540 g/mol. The number of alkyl halides is 3. The fourth-order valence-electron chi connectivity index (χ4n) is 4.58. The summed E-state index contributed by atoms with van der Waals surface area (Å²) in [4.78, 5) is 43.3. The highest BCUT2D eigenvalue weighted by Crippen LogP contribution is 2.49. The molecule has 0 aromatic heterocycles. The van der Waals surface area contributed by atoms with Crippen molar-refractivity contribution in [1.82, 2.24) is 4.90 Å². The summed E-state index contributed by atoms with van der Waals surface area (Å²) in [5, 5.41) is 3.79. The summed E-state index contributed by atoms with van der Waals surface area (Å²) in [5.74, 6) is -1.72. The first-order valence-electron chi connectivity index (χ1n) is 11.1. The van der Waals surface area contributed by atoms with Gasteiger partial charge in [0, 0.05) is 47.0 Å². The van der Waals surface area contributed by atoms with Crippen LogP contribution in [0.25, 0.3) is 0 Å². The number of likely N-dealkylation sites (tertiary alicyclic amines) is 1. The lowest BCUT2D eigenvalue weighted by Crippen LogP contribution is -2.42. The van der Waals surface area contributed by atoms with E-state index in [0.717, 1.165) is 17.0 Å². The van der Waals surface area contributed by atoms with Crippen LogP contribution >= 0.6 is 23.2 Å². The molecule has 2 atom stereocenters. The summed E-state index contributed by atoms with van der Waals surface area (Å²) in [6.45, 7) is 3.58. The van der Waals surface area contributed by atoms with E-state index >= 15 is 0 Å². The van der Waals surface area contributed by atoms with Crippen molar-refractivity contribution < 1.29 is 32.4 Å². The molecule has 0 saturated carbocycles. The lowest BCUT2D eigenvalue weighted by atomic mass is 9.86. The summed E-state index contributed by atoms with van der Waals surface area (Å²) < 4.78 is 42.7. The second-order valence-corrected chi connectivity index (χ2v) is 9.70. The molecular weight excluding hydrogens is 520 g/mol. The smallest absolute Gasteiger partial charge is 0.374 e. The summed E-state index contributed by atoms with van der Waals surface area (Å²) >= 11 is 11.9. The Morgan fingerprint density at radius 1 is 1.17 bits per heavy atom. The molecule has 2 aliphatic heterocycles. The zero-order valence-corrected chi connectivity index (χ0v) is 20.8. The number of hydrogen-bond donors (Lipinski definition) is 0.